The van der Waals surface area contributed by atoms with E-state index in [0.717, 1.165) is 12.4 Å². The van der Waals surface area contributed by atoms with Gasteiger partial charge in [0.15, 0.2) is 0 Å². The second kappa shape index (κ2) is 4.67. The zero-order valence-corrected chi connectivity index (χ0v) is 10.7. The summed E-state index contributed by atoms with van der Waals surface area (Å²) in [6, 6.07) is 8.36. The first-order valence-corrected chi connectivity index (χ1v) is 6.15. The highest BCUT2D eigenvalue weighted by Crippen LogP contribution is 2.34. The second-order valence-electron chi connectivity index (χ2n) is 5.50. The van der Waals surface area contributed by atoms with Crippen molar-refractivity contribution in [2.24, 2.45) is 5.92 Å². The number of fused-ring (bicyclic) bond motifs is 1. The number of rotatable bonds is 3. The molecule has 0 bridgehead atoms. The maximum absolute atomic E-state index is 9.79. The Morgan fingerprint density at radius 1 is 1.41 bits per heavy atom. The zero-order valence-electron chi connectivity index (χ0n) is 10.7. The molecule has 1 heterocycles. The van der Waals surface area contributed by atoms with E-state index >= 15 is 0 Å². The molecule has 0 fully saturated rings. The maximum Gasteiger partial charge on any atom is 0.124 e. The van der Waals surface area contributed by atoms with E-state index in [2.05, 4.69) is 18.3 Å². The van der Waals surface area contributed by atoms with Crippen LogP contribution in [-0.4, -0.2) is 23.9 Å². The van der Waals surface area contributed by atoms with Crippen molar-refractivity contribution in [3.05, 3.63) is 29.8 Å². The van der Waals surface area contributed by atoms with Crippen LogP contribution >= 0.6 is 0 Å². The Balaban J connectivity index is 2.15. The van der Waals surface area contributed by atoms with Gasteiger partial charge in [0.1, 0.15) is 5.75 Å². The third kappa shape index (κ3) is 2.99. The maximum atomic E-state index is 9.79. The van der Waals surface area contributed by atoms with Crippen molar-refractivity contribution in [2.75, 3.05) is 13.2 Å². The summed E-state index contributed by atoms with van der Waals surface area (Å²) in [7, 11) is 0. The third-order valence-electron chi connectivity index (χ3n) is 3.08. The molecule has 1 aliphatic rings. The number of hydrogen-bond acceptors (Lipinski definition) is 3. The minimum absolute atomic E-state index is 0.256. The molecule has 2 unspecified atom stereocenters. The van der Waals surface area contributed by atoms with Gasteiger partial charge >= 0.3 is 0 Å². The molecule has 0 saturated carbocycles. The lowest BCUT2D eigenvalue weighted by atomic mass is 9.91. The van der Waals surface area contributed by atoms with Gasteiger partial charge in [-0.3, -0.25) is 0 Å². The molecule has 0 amide bonds. The van der Waals surface area contributed by atoms with Gasteiger partial charge in [-0.15, -0.1) is 0 Å². The van der Waals surface area contributed by atoms with Gasteiger partial charge in [0.25, 0.3) is 0 Å². The van der Waals surface area contributed by atoms with Crippen molar-refractivity contribution in [3.63, 3.8) is 0 Å². The van der Waals surface area contributed by atoms with E-state index in [1.54, 1.807) is 0 Å². The SMILES string of the molecule is CC1COc2ccccc2C1NCC(C)(C)O. The Morgan fingerprint density at radius 2 is 2.12 bits per heavy atom. The van der Waals surface area contributed by atoms with E-state index in [4.69, 9.17) is 4.74 Å². The van der Waals surface area contributed by atoms with Gasteiger partial charge in [0.05, 0.1) is 12.2 Å². The first-order valence-electron chi connectivity index (χ1n) is 6.15. The fourth-order valence-corrected chi connectivity index (χ4v) is 2.16. The largest absolute Gasteiger partial charge is 0.493 e. The molecule has 0 aromatic heterocycles. The fourth-order valence-electron chi connectivity index (χ4n) is 2.16. The minimum Gasteiger partial charge on any atom is -0.493 e. The molecule has 0 radical (unpaired) electrons. The van der Waals surface area contributed by atoms with Crippen LogP contribution in [0.25, 0.3) is 0 Å². The van der Waals surface area contributed by atoms with Gasteiger partial charge in [-0.2, -0.15) is 0 Å². The molecule has 0 spiro atoms. The molecule has 0 saturated heterocycles. The normalized spacial score (nSPS) is 24.0. The highest BCUT2D eigenvalue weighted by molar-refractivity contribution is 5.37. The fraction of sp³-hybridized carbons (Fsp3) is 0.571. The van der Waals surface area contributed by atoms with Crippen LogP contribution in [0.3, 0.4) is 0 Å². The summed E-state index contributed by atoms with van der Waals surface area (Å²) in [5, 5.41) is 13.2. The van der Waals surface area contributed by atoms with Gasteiger partial charge < -0.3 is 15.2 Å². The summed E-state index contributed by atoms with van der Waals surface area (Å²) >= 11 is 0. The van der Waals surface area contributed by atoms with Crippen molar-refractivity contribution in [1.29, 1.82) is 0 Å². The smallest absolute Gasteiger partial charge is 0.124 e. The van der Waals surface area contributed by atoms with Crippen molar-refractivity contribution in [2.45, 2.75) is 32.4 Å². The molecular formula is C14H21NO2. The van der Waals surface area contributed by atoms with E-state index in [0.29, 0.717) is 12.5 Å². The van der Waals surface area contributed by atoms with E-state index < -0.39 is 5.60 Å². The molecule has 3 nitrogen and oxygen atoms in total. The number of ether oxygens (including phenoxy) is 1. The lowest BCUT2D eigenvalue weighted by Gasteiger charge is -2.33. The van der Waals surface area contributed by atoms with Crippen LogP contribution in [-0.2, 0) is 0 Å². The topological polar surface area (TPSA) is 41.5 Å². The van der Waals surface area contributed by atoms with Gasteiger partial charge in [0.2, 0.25) is 0 Å². The summed E-state index contributed by atoms with van der Waals surface area (Å²) in [4.78, 5) is 0. The average Bonchev–Trinajstić information content (AvgIpc) is 2.26. The van der Waals surface area contributed by atoms with Gasteiger partial charge in [-0.1, -0.05) is 25.1 Å². The van der Waals surface area contributed by atoms with Gasteiger partial charge in [0, 0.05) is 24.1 Å². The Kier molecular flexibility index (Phi) is 3.40. The van der Waals surface area contributed by atoms with Crippen LogP contribution in [0.1, 0.15) is 32.4 Å². The highest BCUT2D eigenvalue weighted by Gasteiger charge is 2.28. The highest BCUT2D eigenvalue weighted by atomic mass is 16.5. The lowest BCUT2D eigenvalue weighted by Crippen LogP contribution is -2.41. The average molecular weight is 235 g/mol. The Morgan fingerprint density at radius 3 is 2.82 bits per heavy atom. The molecule has 2 atom stereocenters. The predicted molar refractivity (Wildman–Crippen MR) is 68.1 cm³/mol. The van der Waals surface area contributed by atoms with Crippen LogP contribution in [0, 0.1) is 5.92 Å². The molecule has 1 aromatic carbocycles. The summed E-state index contributed by atoms with van der Waals surface area (Å²) in [5.74, 6) is 1.37. The van der Waals surface area contributed by atoms with Crippen molar-refractivity contribution >= 4 is 0 Å². The molecule has 17 heavy (non-hydrogen) atoms. The Bertz CT molecular complexity index is 384. The molecular weight excluding hydrogens is 214 g/mol. The molecule has 2 N–H and O–H groups in total. The Hall–Kier alpha value is -1.06. The number of para-hydroxylation sites is 1. The summed E-state index contributed by atoms with van der Waals surface area (Å²) in [6.45, 7) is 7.10. The summed E-state index contributed by atoms with van der Waals surface area (Å²) in [5.41, 5.74) is 0.503. The standard InChI is InChI=1S/C14H21NO2/c1-10-8-17-12-7-5-4-6-11(12)13(10)15-9-14(2,3)16/h4-7,10,13,15-16H,8-9H2,1-3H3. The van der Waals surface area contributed by atoms with Crippen molar-refractivity contribution < 1.29 is 9.84 Å². The molecule has 2 rings (SSSR count). The number of benzene rings is 1. The minimum atomic E-state index is -0.688. The van der Waals surface area contributed by atoms with E-state index in [9.17, 15) is 5.11 Å². The first-order chi connectivity index (χ1) is 7.97. The predicted octanol–water partition coefficient (Wildman–Crippen LogP) is 2.12. The van der Waals surface area contributed by atoms with Gasteiger partial charge in [-0.25, -0.2) is 0 Å². The van der Waals surface area contributed by atoms with Crippen molar-refractivity contribution in [3.8, 4) is 5.75 Å². The number of nitrogens with one attached hydrogen (secondary N) is 1. The van der Waals surface area contributed by atoms with Crippen LogP contribution in [0.2, 0.25) is 0 Å². The van der Waals surface area contributed by atoms with Gasteiger partial charge in [-0.05, 0) is 19.9 Å². The van der Waals surface area contributed by atoms with Crippen LogP contribution in [0.4, 0.5) is 0 Å². The quantitative estimate of drug-likeness (QED) is 0.843. The molecule has 0 aliphatic carbocycles. The number of aliphatic hydroxyl groups is 1. The van der Waals surface area contributed by atoms with Crippen LogP contribution in [0.5, 0.6) is 5.75 Å². The first kappa shape index (κ1) is 12.4. The van der Waals surface area contributed by atoms with Crippen LogP contribution in [0.15, 0.2) is 24.3 Å². The molecule has 1 aliphatic heterocycles. The number of hydrogen-bond donors (Lipinski definition) is 2. The lowest BCUT2D eigenvalue weighted by molar-refractivity contribution is 0.0693. The summed E-state index contributed by atoms with van der Waals surface area (Å²) in [6.07, 6.45) is 0. The van der Waals surface area contributed by atoms with E-state index in [1.165, 1.54) is 5.56 Å². The van der Waals surface area contributed by atoms with Crippen LogP contribution < -0.4 is 10.1 Å². The summed E-state index contributed by atoms with van der Waals surface area (Å²) < 4.78 is 5.70. The monoisotopic (exact) mass is 235 g/mol. The van der Waals surface area contributed by atoms with E-state index in [-0.39, 0.29) is 6.04 Å². The Labute approximate surface area is 103 Å². The third-order valence-corrected chi connectivity index (χ3v) is 3.08. The molecule has 3 heteroatoms. The molecule has 94 valence electrons. The van der Waals surface area contributed by atoms with E-state index in [1.807, 2.05) is 32.0 Å². The second-order valence-corrected chi connectivity index (χ2v) is 5.50. The molecule has 1 aromatic rings. The van der Waals surface area contributed by atoms with Crippen molar-refractivity contribution in [1.82, 2.24) is 5.32 Å². The zero-order chi connectivity index (χ0) is 12.5.